The van der Waals surface area contributed by atoms with Crippen LogP contribution in [-0.2, 0) is 5.41 Å². The monoisotopic (exact) mass is 200 g/mol. The molecule has 0 unspecified atom stereocenters. The highest BCUT2D eigenvalue weighted by molar-refractivity contribution is 5.57. The van der Waals surface area contributed by atoms with E-state index in [1.54, 1.807) is 0 Å². The van der Waals surface area contributed by atoms with Crippen LogP contribution >= 0.6 is 0 Å². The molecule has 0 spiro atoms. The van der Waals surface area contributed by atoms with E-state index in [1.165, 1.54) is 0 Å². The lowest BCUT2D eigenvalue weighted by atomic mass is 9.94. The lowest BCUT2D eigenvalue weighted by molar-refractivity contribution is 0.417. The van der Waals surface area contributed by atoms with Gasteiger partial charge in [0, 0.05) is 11.0 Å². The van der Waals surface area contributed by atoms with Crippen LogP contribution in [0.25, 0.3) is 11.3 Å². The molecule has 0 aliphatic heterocycles. The highest BCUT2D eigenvalue weighted by atomic mass is 16.3. The topological polar surface area (TPSA) is 13.1 Å². The zero-order valence-electron chi connectivity index (χ0n) is 9.45. The van der Waals surface area contributed by atoms with Crippen LogP contribution in [0.4, 0.5) is 0 Å². The molecular weight excluding hydrogens is 184 g/mol. The first-order chi connectivity index (χ1) is 7.07. The van der Waals surface area contributed by atoms with Gasteiger partial charge in [0.1, 0.15) is 11.5 Å². The largest absolute Gasteiger partial charge is 0.461 e. The van der Waals surface area contributed by atoms with E-state index in [0.29, 0.717) is 0 Å². The molecule has 78 valence electrons. The van der Waals surface area contributed by atoms with Gasteiger partial charge in [0.15, 0.2) is 0 Å². The van der Waals surface area contributed by atoms with Crippen molar-refractivity contribution in [1.29, 1.82) is 0 Å². The van der Waals surface area contributed by atoms with Crippen LogP contribution in [0.3, 0.4) is 0 Å². The average Bonchev–Trinajstić information content (AvgIpc) is 2.67. The summed E-state index contributed by atoms with van der Waals surface area (Å²) < 4.78 is 5.83. The Morgan fingerprint density at radius 2 is 1.53 bits per heavy atom. The van der Waals surface area contributed by atoms with E-state index in [4.69, 9.17) is 4.42 Å². The third-order valence-electron chi connectivity index (χ3n) is 2.40. The van der Waals surface area contributed by atoms with Gasteiger partial charge in [0.25, 0.3) is 0 Å². The summed E-state index contributed by atoms with van der Waals surface area (Å²) in [5, 5.41) is 0. The Kier molecular flexibility index (Phi) is 2.39. The quantitative estimate of drug-likeness (QED) is 0.671. The second-order valence-corrected chi connectivity index (χ2v) is 4.78. The van der Waals surface area contributed by atoms with Gasteiger partial charge in [-0.2, -0.15) is 0 Å². The molecule has 0 saturated heterocycles. The van der Waals surface area contributed by atoms with Crippen LogP contribution in [-0.4, -0.2) is 0 Å². The molecule has 0 amide bonds. The van der Waals surface area contributed by atoms with E-state index < -0.39 is 0 Å². The Balaban J connectivity index is 2.37. The first kappa shape index (κ1) is 10.0. The van der Waals surface area contributed by atoms with Crippen molar-refractivity contribution >= 4 is 0 Å². The van der Waals surface area contributed by atoms with E-state index in [2.05, 4.69) is 39.0 Å². The lowest BCUT2D eigenvalue weighted by Gasteiger charge is -2.14. The smallest absolute Gasteiger partial charge is 0.134 e. The molecule has 0 atom stereocenters. The van der Waals surface area contributed by atoms with Crippen LogP contribution in [0, 0.1) is 0 Å². The summed E-state index contributed by atoms with van der Waals surface area (Å²) in [5.74, 6) is 1.97. The van der Waals surface area contributed by atoms with Gasteiger partial charge < -0.3 is 4.42 Å². The normalized spacial score (nSPS) is 11.7. The summed E-state index contributed by atoms with van der Waals surface area (Å²) in [7, 11) is 0. The van der Waals surface area contributed by atoms with Gasteiger partial charge >= 0.3 is 0 Å². The molecule has 2 aromatic rings. The summed E-state index contributed by atoms with van der Waals surface area (Å²) in [6.45, 7) is 6.46. The van der Waals surface area contributed by atoms with Crippen molar-refractivity contribution in [2.75, 3.05) is 0 Å². The van der Waals surface area contributed by atoms with Crippen molar-refractivity contribution in [1.82, 2.24) is 0 Å². The molecule has 1 nitrogen and oxygen atoms in total. The predicted molar refractivity (Wildman–Crippen MR) is 62.8 cm³/mol. The Morgan fingerprint density at radius 1 is 0.867 bits per heavy atom. The molecule has 1 heterocycles. The van der Waals surface area contributed by atoms with E-state index in [0.717, 1.165) is 17.1 Å². The predicted octanol–water partition coefficient (Wildman–Crippen LogP) is 4.24. The number of hydrogen-bond donors (Lipinski definition) is 0. The third-order valence-corrected chi connectivity index (χ3v) is 2.40. The van der Waals surface area contributed by atoms with Crippen LogP contribution < -0.4 is 0 Å². The molecule has 0 radical (unpaired) electrons. The van der Waals surface area contributed by atoms with E-state index >= 15 is 0 Å². The molecule has 0 saturated carbocycles. The number of hydrogen-bond acceptors (Lipinski definition) is 1. The Labute approximate surface area is 90.7 Å². The van der Waals surface area contributed by atoms with E-state index in [1.807, 2.05) is 24.3 Å². The molecule has 0 fully saturated rings. The van der Waals surface area contributed by atoms with Crippen LogP contribution in [0.15, 0.2) is 46.9 Å². The van der Waals surface area contributed by atoms with Crippen molar-refractivity contribution in [2.45, 2.75) is 26.2 Å². The van der Waals surface area contributed by atoms with Crippen LogP contribution in [0.2, 0.25) is 0 Å². The van der Waals surface area contributed by atoms with Crippen LogP contribution in [0.1, 0.15) is 26.5 Å². The standard InChI is InChI=1S/C14H16O/c1-14(2,3)13-10-9-12(15-13)11-7-5-4-6-8-11/h4-10H,1-3H3. The van der Waals surface area contributed by atoms with Gasteiger partial charge in [0.05, 0.1) is 0 Å². The van der Waals surface area contributed by atoms with Gasteiger partial charge in [-0.25, -0.2) is 0 Å². The summed E-state index contributed by atoms with van der Waals surface area (Å²) in [6, 6.07) is 14.3. The molecule has 0 aliphatic rings. The molecule has 1 aromatic carbocycles. The maximum absolute atomic E-state index is 5.83. The summed E-state index contributed by atoms with van der Waals surface area (Å²) in [4.78, 5) is 0. The number of rotatable bonds is 1. The maximum atomic E-state index is 5.83. The molecule has 15 heavy (non-hydrogen) atoms. The molecule has 0 aliphatic carbocycles. The summed E-state index contributed by atoms with van der Waals surface area (Å²) >= 11 is 0. The molecule has 0 bridgehead atoms. The molecule has 0 N–H and O–H groups in total. The Morgan fingerprint density at radius 3 is 2.07 bits per heavy atom. The first-order valence-electron chi connectivity index (χ1n) is 5.23. The van der Waals surface area contributed by atoms with Gasteiger partial charge in [-0.1, -0.05) is 51.1 Å². The second kappa shape index (κ2) is 3.58. The first-order valence-corrected chi connectivity index (χ1v) is 5.23. The van der Waals surface area contributed by atoms with Crippen molar-refractivity contribution in [3.8, 4) is 11.3 Å². The van der Waals surface area contributed by atoms with Crippen LogP contribution in [0.5, 0.6) is 0 Å². The maximum Gasteiger partial charge on any atom is 0.134 e. The number of benzene rings is 1. The highest BCUT2D eigenvalue weighted by Crippen LogP contribution is 2.29. The molecule has 2 rings (SSSR count). The van der Waals surface area contributed by atoms with E-state index in [-0.39, 0.29) is 5.41 Å². The summed E-state index contributed by atoms with van der Waals surface area (Å²) in [6.07, 6.45) is 0. The number of furan rings is 1. The lowest BCUT2D eigenvalue weighted by Crippen LogP contribution is -2.08. The fourth-order valence-corrected chi connectivity index (χ4v) is 1.50. The van der Waals surface area contributed by atoms with Gasteiger partial charge in [0.2, 0.25) is 0 Å². The minimum atomic E-state index is 0.0764. The fourth-order valence-electron chi connectivity index (χ4n) is 1.50. The molecule has 1 aromatic heterocycles. The van der Waals surface area contributed by atoms with Crippen molar-refractivity contribution in [2.24, 2.45) is 0 Å². The Bertz CT molecular complexity index is 432. The minimum absolute atomic E-state index is 0.0764. The third kappa shape index (κ3) is 2.12. The van der Waals surface area contributed by atoms with Crippen molar-refractivity contribution in [3.63, 3.8) is 0 Å². The van der Waals surface area contributed by atoms with Gasteiger partial charge in [-0.05, 0) is 12.1 Å². The zero-order chi connectivity index (χ0) is 10.9. The Hall–Kier alpha value is -1.50. The fraction of sp³-hybridized carbons (Fsp3) is 0.286. The average molecular weight is 200 g/mol. The van der Waals surface area contributed by atoms with Crippen molar-refractivity contribution < 1.29 is 4.42 Å². The molecular formula is C14H16O. The van der Waals surface area contributed by atoms with Gasteiger partial charge in [-0.15, -0.1) is 0 Å². The highest BCUT2D eigenvalue weighted by Gasteiger charge is 2.18. The van der Waals surface area contributed by atoms with Crippen molar-refractivity contribution in [3.05, 3.63) is 48.2 Å². The van der Waals surface area contributed by atoms with Gasteiger partial charge in [-0.3, -0.25) is 0 Å². The SMILES string of the molecule is CC(C)(C)c1ccc(-c2ccccc2)o1. The second-order valence-electron chi connectivity index (χ2n) is 4.78. The zero-order valence-corrected chi connectivity index (χ0v) is 9.45. The minimum Gasteiger partial charge on any atom is -0.461 e. The molecule has 1 heteroatoms. The van der Waals surface area contributed by atoms with E-state index in [9.17, 15) is 0 Å². The summed E-state index contributed by atoms with van der Waals surface area (Å²) in [5.41, 5.74) is 1.21.